The molecule has 0 atom stereocenters. The molecule has 3 N–H and O–H groups in total. The van der Waals surface area contributed by atoms with Gasteiger partial charge in [-0.3, -0.25) is 4.79 Å². The summed E-state index contributed by atoms with van der Waals surface area (Å²) in [5.74, 6) is -0.289. The molecule has 26 heavy (non-hydrogen) atoms. The van der Waals surface area contributed by atoms with Gasteiger partial charge in [-0.1, -0.05) is 11.6 Å². The number of fused-ring (bicyclic) bond motifs is 1. The first kappa shape index (κ1) is 18.1. The summed E-state index contributed by atoms with van der Waals surface area (Å²) in [6, 6.07) is 5.63. The number of carbonyl (C=O) groups is 1. The number of anilines is 2. The SMILES string of the molecule is Cc1cc(Cl)cc(C(F)(F)F)c1Nc1nccc2c1ccn2CC(N)=O. The third kappa shape index (κ3) is 3.45. The zero-order chi connectivity index (χ0) is 19.1. The van der Waals surface area contributed by atoms with Gasteiger partial charge >= 0.3 is 6.18 Å². The molecule has 0 aliphatic heterocycles. The Kier molecular flexibility index (Phi) is 4.53. The van der Waals surface area contributed by atoms with Gasteiger partial charge in [0.05, 0.1) is 16.8 Å². The predicted octanol–water partition coefficient (Wildman–Crippen LogP) is 4.25. The van der Waals surface area contributed by atoms with Crippen molar-refractivity contribution in [1.82, 2.24) is 9.55 Å². The second-order valence-electron chi connectivity index (χ2n) is 5.77. The summed E-state index contributed by atoms with van der Waals surface area (Å²) in [5, 5.41) is 3.33. The largest absolute Gasteiger partial charge is 0.418 e. The number of halogens is 4. The molecule has 2 heterocycles. The van der Waals surface area contributed by atoms with Crippen LogP contribution in [0.1, 0.15) is 11.1 Å². The van der Waals surface area contributed by atoms with Crippen LogP contribution in [-0.2, 0) is 17.5 Å². The lowest BCUT2D eigenvalue weighted by atomic mass is 10.1. The Balaban J connectivity index is 2.11. The van der Waals surface area contributed by atoms with Crippen molar-refractivity contribution in [2.75, 3.05) is 5.32 Å². The average molecular weight is 383 g/mol. The number of nitrogens with two attached hydrogens (primary N) is 1. The summed E-state index contributed by atoms with van der Waals surface area (Å²) in [6.07, 6.45) is -1.51. The van der Waals surface area contributed by atoms with Crippen LogP contribution in [0.15, 0.2) is 36.7 Å². The van der Waals surface area contributed by atoms with Gasteiger partial charge in [-0.25, -0.2) is 4.98 Å². The van der Waals surface area contributed by atoms with Crippen LogP contribution in [-0.4, -0.2) is 15.5 Å². The van der Waals surface area contributed by atoms with E-state index in [4.69, 9.17) is 17.3 Å². The molecule has 0 spiro atoms. The Morgan fingerprint density at radius 2 is 2.08 bits per heavy atom. The van der Waals surface area contributed by atoms with Crippen LogP contribution >= 0.6 is 11.6 Å². The van der Waals surface area contributed by atoms with Crippen molar-refractivity contribution >= 4 is 39.9 Å². The Bertz CT molecular complexity index is 998. The maximum absolute atomic E-state index is 13.4. The maximum Gasteiger partial charge on any atom is 0.418 e. The highest BCUT2D eigenvalue weighted by molar-refractivity contribution is 6.30. The Morgan fingerprint density at radius 1 is 1.35 bits per heavy atom. The summed E-state index contributed by atoms with van der Waals surface area (Å²) in [7, 11) is 0. The van der Waals surface area contributed by atoms with Crippen LogP contribution < -0.4 is 11.1 Å². The zero-order valence-electron chi connectivity index (χ0n) is 13.6. The topological polar surface area (TPSA) is 72.9 Å². The minimum atomic E-state index is -4.58. The van der Waals surface area contributed by atoms with Crippen molar-refractivity contribution < 1.29 is 18.0 Å². The molecular weight excluding hydrogens is 369 g/mol. The highest BCUT2D eigenvalue weighted by atomic mass is 35.5. The van der Waals surface area contributed by atoms with Crippen LogP contribution in [0.4, 0.5) is 24.7 Å². The van der Waals surface area contributed by atoms with E-state index in [1.165, 1.54) is 19.2 Å². The molecule has 9 heteroatoms. The van der Waals surface area contributed by atoms with Crippen molar-refractivity contribution in [2.24, 2.45) is 5.73 Å². The molecule has 0 unspecified atom stereocenters. The first-order valence-electron chi connectivity index (χ1n) is 7.53. The minimum Gasteiger partial charge on any atom is -0.368 e. The van der Waals surface area contributed by atoms with Gasteiger partial charge in [-0.15, -0.1) is 0 Å². The normalized spacial score (nSPS) is 11.7. The van der Waals surface area contributed by atoms with Gasteiger partial charge in [0.25, 0.3) is 0 Å². The number of hydrogen-bond donors (Lipinski definition) is 2. The molecule has 0 aliphatic carbocycles. The number of hydrogen-bond acceptors (Lipinski definition) is 3. The molecule has 0 bridgehead atoms. The lowest BCUT2D eigenvalue weighted by Crippen LogP contribution is -2.17. The van der Waals surface area contributed by atoms with Crippen LogP contribution in [0.25, 0.3) is 10.9 Å². The summed E-state index contributed by atoms with van der Waals surface area (Å²) >= 11 is 5.79. The van der Waals surface area contributed by atoms with Crippen molar-refractivity contribution in [3.63, 3.8) is 0 Å². The number of amides is 1. The van der Waals surface area contributed by atoms with Gasteiger partial charge in [0.2, 0.25) is 5.91 Å². The quantitative estimate of drug-likeness (QED) is 0.708. The number of carbonyl (C=O) groups excluding carboxylic acids is 1. The molecule has 0 fully saturated rings. The molecule has 1 amide bonds. The Morgan fingerprint density at radius 3 is 2.73 bits per heavy atom. The van der Waals surface area contributed by atoms with Crippen LogP contribution in [0.5, 0.6) is 0 Å². The number of primary amides is 1. The average Bonchev–Trinajstić information content (AvgIpc) is 2.92. The van der Waals surface area contributed by atoms with E-state index in [-0.39, 0.29) is 23.1 Å². The number of nitrogens with one attached hydrogen (secondary N) is 1. The van der Waals surface area contributed by atoms with Gasteiger partial charge in [0.1, 0.15) is 12.4 Å². The molecule has 0 saturated carbocycles. The zero-order valence-corrected chi connectivity index (χ0v) is 14.3. The molecule has 2 aromatic heterocycles. The third-order valence-corrected chi connectivity index (χ3v) is 4.09. The van der Waals surface area contributed by atoms with E-state index in [9.17, 15) is 18.0 Å². The number of benzene rings is 1. The van der Waals surface area contributed by atoms with Crippen LogP contribution in [0.2, 0.25) is 5.02 Å². The number of aromatic nitrogens is 2. The molecule has 3 aromatic rings. The van der Waals surface area contributed by atoms with E-state index in [0.29, 0.717) is 16.5 Å². The minimum absolute atomic E-state index is 0.000783. The second kappa shape index (κ2) is 6.53. The molecular formula is C17H14ClF3N4O. The van der Waals surface area contributed by atoms with Gasteiger partial charge in [0, 0.05) is 22.8 Å². The summed E-state index contributed by atoms with van der Waals surface area (Å²) in [4.78, 5) is 15.3. The van der Waals surface area contributed by atoms with Gasteiger partial charge in [-0.2, -0.15) is 13.2 Å². The Hall–Kier alpha value is -2.74. The van der Waals surface area contributed by atoms with E-state index >= 15 is 0 Å². The van der Waals surface area contributed by atoms with Crippen LogP contribution in [0.3, 0.4) is 0 Å². The summed E-state index contributed by atoms with van der Waals surface area (Å²) in [6.45, 7) is 1.49. The van der Waals surface area contributed by atoms with Crippen molar-refractivity contribution in [3.8, 4) is 0 Å². The molecule has 1 aromatic carbocycles. The monoisotopic (exact) mass is 382 g/mol. The Labute approximate surface area is 151 Å². The van der Waals surface area contributed by atoms with Crippen molar-refractivity contribution in [1.29, 1.82) is 0 Å². The van der Waals surface area contributed by atoms with Crippen molar-refractivity contribution in [2.45, 2.75) is 19.6 Å². The highest BCUT2D eigenvalue weighted by Gasteiger charge is 2.35. The van der Waals surface area contributed by atoms with E-state index in [1.54, 1.807) is 22.9 Å². The lowest BCUT2D eigenvalue weighted by Gasteiger charge is -2.17. The third-order valence-electron chi connectivity index (χ3n) is 3.87. The smallest absolute Gasteiger partial charge is 0.368 e. The number of alkyl halides is 3. The van der Waals surface area contributed by atoms with E-state index in [2.05, 4.69) is 10.3 Å². The highest BCUT2D eigenvalue weighted by Crippen LogP contribution is 2.40. The first-order valence-corrected chi connectivity index (χ1v) is 7.91. The number of aryl methyl sites for hydroxylation is 1. The standard InChI is InChI=1S/C17H14ClF3N4O/c1-9-6-10(18)7-12(17(19,20)21)15(9)24-16-11-3-5-25(8-14(22)26)13(11)2-4-23-16/h2-7H,8H2,1H3,(H2,22,26)(H,23,24). The number of pyridine rings is 1. The molecule has 5 nitrogen and oxygen atoms in total. The van der Waals surface area contributed by atoms with Gasteiger partial charge in [0.15, 0.2) is 0 Å². The fourth-order valence-corrected chi connectivity index (χ4v) is 3.05. The van der Waals surface area contributed by atoms with Gasteiger partial charge < -0.3 is 15.6 Å². The van der Waals surface area contributed by atoms with E-state index in [0.717, 1.165) is 6.07 Å². The molecule has 136 valence electrons. The lowest BCUT2D eigenvalue weighted by molar-refractivity contribution is -0.137. The fraction of sp³-hybridized carbons (Fsp3) is 0.176. The molecule has 0 aliphatic rings. The number of rotatable bonds is 4. The molecule has 3 rings (SSSR count). The maximum atomic E-state index is 13.4. The van der Waals surface area contributed by atoms with E-state index < -0.39 is 17.6 Å². The van der Waals surface area contributed by atoms with Gasteiger partial charge in [-0.05, 0) is 36.8 Å². The second-order valence-corrected chi connectivity index (χ2v) is 6.21. The summed E-state index contributed by atoms with van der Waals surface area (Å²) < 4.78 is 41.8. The molecule has 0 radical (unpaired) electrons. The first-order chi connectivity index (χ1) is 12.2. The van der Waals surface area contributed by atoms with E-state index in [1.807, 2.05) is 0 Å². The van der Waals surface area contributed by atoms with Crippen molar-refractivity contribution in [3.05, 3.63) is 52.8 Å². The van der Waals surface area contributed by atoms with Crippen LogP contribution in [0, 0.1) is 6.92 Å². The predicted molar refractivity (Wildman–Crippen MR) is 93.4 cm³/mol. The summed E-state index contributed by atoms with van der Waals surface area (Å²) in [5.41, 5.74) is 5.17. The fourth-order valence-electron chi connectivity index (χ4n) is 2.78. The number of nitrogens with zero attached hydrogens (tertiary/aromatic N) is 2. The molecule has 0 saturated heterocycles.